The fourth-order valence-electron chi connectivity index (χ4n) is 2.57. The van der Waals surface area contributed by atoms with E-state index in [1.807, 2.05) is 11.3 Å². The van der Waals surface area contributed by atoms with E-state index in [2.05, 4.69) is 41.2 Å². The third kappa shape index (κ3) is 3.35. The minimum atomic E-state index is 0.435. The van der Waals surface area contributed by atoms with Crippen LogP contribution < -0.4 is 5.32 Å². The molecule has 2 rings (SSSR count). The van der Waals surface area contributed by atoms with Crippen molar-refractivity contribution in [2.24, 2.45) is 5.92 Å². The number of hydrogen-bond donors (Lipinski definition) is 1. The summed E-state index contributed by atoms with van der Waals surface area (Å²) >= 11 is 5.50. The average molecular weight is 332 g/mol. The van der Waals surface area contributed by atoms with Gasteiger partial charge in [-0.2, -0.15) is 0 Å². The average Bonchev–Trinajstić information content (AvgIpc) is 2.69. The van der Waals surface area contributed by atoms with Crippen molar-refractivity contribution in [2.75, 3.05) is 13.7 Å². The predicted octanol–water partition coefficient (Wildman–Crippen LogP) is 4.15. The number of halogens is 1. The first kappa shape index (κ1) is 14.5. The van der Waals surface area contributed by atoms with Gasteiger partial charge in [-0.3, -0.25) is 0 Å². The molecule has 0 saturated heterocycles. The quantitative estimate of drug-likeness (QED) is 0.875. The molecule has 0 fully saturated rings. The molecule has 0 bridgehead atoms. The van der Waals surface area contributed by atoms with Gasteiger partial charge in [-0.15, -0.1) is 11.3 Å². The summed E-state index contributed by atoms with van der Waals surface area (Å²) in [6.07, 6.45) is 3.76. The molecule has 4 heteroatoms. The first-order valence-electron chi connectivity index (χ1n) is 6.65. The van der Waals surface area contributed by atoms with Crippen LogP contribution in [0.3, 0.4) is 0 Å². The summed E-state index contributed by atoms with van der Waals surface area (Å²) in [7, 11) is 1.78. The summed E-state index contributed by atoms with van der Waals surface area (Å²) in [4.78, 5) is 1.55. The van der Waals surface area contributed by atoms with Crippen LogP contribution in [-0.2, 0) is 11.2 Å². The van der Waals surface area contributed by atoms with Crippen LogP contribution in [0.5, 0.6) is 0 Å². The molecule has 1 heterocycles. The Kier molecular flexibility index (Phi) is 5.24. The van der Waals surface area contributed by atoms with Crippen molar-refractivity contribution in [1.29, 1.82) is 0 Å². The van der Waals surface area contributed by atoms with Crippen LogP contribution in [0.4, 0.5) is 0 Å². The highest BCUT2D eigenvalue weighted by Crippen LogP contribution is 2.38. The molecule has 18 heavy (non-hydrogen) atoms. The largest absolute Gasteiger partial charge is 0.383 e. The maximum Gasteiger partial charge on any atom is 0.0704 e. The van der Waals surface area contributed by atoms with E-state index in [-0.39, 0.29) is 0 Å². The number of hydrogen-bond acceptors (Lipinski definition) is 3. The Labute approximate surface area is 122 Å². The zero-order chi connectivity index (χ0) is 13.1. The van der Waals surface area contributed by atoms with Gasteiger partial charge in [0.25, 0.3) is 0 Å². The number of aryl methyl sites for hydroxylation is 1. The molecule has 0 spiro atoms. The van der Waals surface area contributed by atoms with Gasteiger partial charge in [0, 0.05) is 24.1 Å². The summed E-state index contributed by atoms with van der Waals surface area (Å²) in [6, 6.07) is 3.23. The molecule has 1 aromatic rings. The first-order valence-corrected chi connectivity index (χ1v) is 8.26. The molecule has 2 nitrogen and oxygen atoms in total. The standard InChI is InChI=1S/C14H22BrNOS/c1-9(2)12(8-17-3)16-11-5-4-6-13-10(11)7-14(15)18-13/h7,9,11-12,16H,4-6,8H2,1-3H3. The molecule has 102 valence electrons. The van der Waals surface area contributed by atoms with E-state index in [1.165, 1.54) is 28.6 Å². The van der Waals surface area contributed by atoms with Gasteiger partial charge in [0.15, 0.2) is 0 Å². The summed E-state index contributed by atoms with van der Waals surface area (Å²) in [5, 5.41) is 3.79. The van der Waals surface area contributed by atoms with Crippen LogP contribution in [0.2, 0.25) is 0 Å². The van der Waals surface area contributed by atoms with E-state index in [4.69, 9.17) is 4.74 Å². The number of thiophene rings is 1. The van der Waals surface area contributed by atoms with Crippen molar-refractivity contribution >= 4 is 27.3 Å². The highest BCUT2D eigenvalue weighted by atomic mass is 79.9. The summed E-state index contributed by atoms with van der Waals surface area (Å²) in [5.74, 6) is 0.595. The highest BCUT2D eigenvalue weighted by molar-refractivity contribution is 9.11. The second kappa shape index (κ2) is 6.51. The van der Waals surface area contributed by atoms with Gasteiger partial charge in [0.2, 0.25) is 0 Å². The summed E-state index contributed by atoms with van der Waals surface area (Å²) in [5.41, 5.74) is 1.50. The van der Waals surface area contributed by atoms with E-state index < -0.39 is 0 Å². The first-order chi connectivity index (χ1) is 8.61. The van der Waals surface area contributed by atoms with Crippen LogP contribution in [0.15, 0.2) is 9.85 Å². The lowest BCUT2D eigenvalue weighted by atomic mass is 9.92. The molecule has 1 aromatic heterocycles. The topological polar surface area (TPSA) is 21.3 Å². The molecule has 0 aromatic carbocycles. The SMILES string of the molecule is COCC(NC1CCCc2sc(Br)cc21)C(C)C. The van der Waals surface area contributed by atoms with Crippen LogP contribution in [0.1, 0.15) is 43.2 Å². The fourth-order valence-corrected chi connectivity index (χ4v) is 4.38. The van der Waals surface area contributed by atoms with Crippen LogP contribution in [0.25, 0.3) is 0 Å². The molecule has 0 saturated carbocycles. The molecule has 0 aliphatic heterocycles. The van der Waals surface area contributed by atoms with Gasteiger partial charge >= 0.3 is 0 Å². The van der Waals surface area contributed by atoms with Gasteiger partial charge in [-0.25, -0.2) is 0 Å². The molecular weight excluding hydrogens is 310 g/mol. The minimum absolute atomic E-state index is 0.435. The van der Waals surface area contributed by atoms with E-state index in [0.717, 1.165) is 6.61 Å². The lowest BCUT2D eigenvalue weighted by Crippen LogP contribution is -2.40. The van der Waals surface area contributed by atoms with Crippen molar-refractivity contribution in [3.8, 4) is 0 Å². The Bertz CT molecular complexity index is 391. The fraction of sp³-hybridized carbons (Fsp3) is 0.714. The second-order valence-electron chi connectivity index (χ2n) is 5.35. The smallest absolute Gasteiger partial charge is 0.0704 e. The predicted molar refractivity (Wildman–Crippen MR) is 81.3 cm³/mol. The molecule has 2 unspecified atom stereocenters. The van der Waals surface area contributed by atoms with Crippen molar-refractivity contribution in [1.82, 2.24) is 5.32 Å². The van der Waals surface area contributed by atoms with E-state index in [9.17, 15) is 0 Å². The molecule has 1 aliphatic carbocycles. The van der Waals surface area contributed by atoms with Gasteiger partial charge in [-0.05, 0) is 52.7 Å². The number of fused-ring (bicyclic) bond motifs is 1. The molecule has 2 atom stereocenters. The van der Waals surface area contributed by atoms with Crippen molar-refractivity contribution in [3.05, 3.63) is 20.3 Å². The number of nitrogens with one attached hydrogen (secondary N) is 1. The van der Waals surface area contributed by atoms with Gasteiger partial charge < -0.3 is 10.1 Å². The van der Waals surface area contributed by atoms with E-state index in [1.54, 1.807) is 12.0 Å². The molecule has 1 N–H and O–H groups in total. The molecule has 0 radical (unpaired) electrons. The monoisotopic (exact) mass is 331 g/mol. The minimum Gasteiger partial charge on any atom is -0.383 e. The van der Waals surface area contributed by atoms with Gasteiger partial charge in [0.05, 0.1) is 10.4 Å². The van der Waals surface area contributed by atoms with Crippen molar-refractivity contribution in [2.45, 2.75) is 45.2 Å². The number of ether oxygens (including phenoxy) is 1. The van der Waals surface area contributed by atoms with E-state index in [0.29, 0.717) is 18.0 Å². The Balaban J connectivity index is 2.09. The molecule has 1 aliphatic rings. The lowest BCUT2D eigenvalue weighted by molar-refractivity contribution is 0.138. The van der Waals surface area contributed by atoms with Crippen molar-refractivity contribution in [3.63, 3.8) is 0 Å². The zero-order valence-corrected chi connectivity index (χ0v) is 13.7. The lowest BCUT2D eigenvalue weighted by Gasteiger charge is -2.30. The normalized spacial score (nSPS) is 21.1. The zero-order valence-electron chi connectivity index (χ0n) is 11.3. The Morgan fingerprint density at radius 3 is 3.00 bits per heavy atom. The Hall–Kier alpha value is 0.100. The number of rotatable bonds is 5. The maximum absolute atomic E-state index is 5.33. The summed E-state index contributed by atoms with van der Waals surface area (Å²) < 4.78 is 6.59. The molecular formula is C14H22BrNOS. The van der Waals surface area contributed by atoms with Gasteiger partial charge in [-0.1, -0.05) is 13.8 Å². The highest BCUT2D eigenvalue weighted by Gasteiger charge is 2.25. The Morgan fingerprint density at radius 2 is 2.33 bits per heavy atom. The second-order valence-corrected chi connectivity index (χ2v) is 7.86. The van der Waals surface area contributed by atoms with Gasteiger partial charge in [0.1, 0.15) is 0 Å². The molecule has 0 amide bonds. The summed E-state index contributed by atoms with van der Waals surface area (Å²) in [6.45, 7) is 5.29. The third-order valence-corrected chi connectivity index (χ3v) is 5.36. The maximum atomic E-state index is 5.33. The number of methoxy groups -OCH3 is 1. The van der Waals surface area contributed by atoms with Crippen molar-refractivity contribution < 1.29 is 4.74 Å². The van der Waals surface area contributed by atoms with Crippen LogP contribution >= 0.6 is 27.3 Å². The third-order valence-electron chi connectivity index (χ3n) is 3.65. The van der Waals surface area contributed by atoms with Crippen LogP contribution in [-0.4, -0.2) is 19.8 Å². The Morgan fingerprint density at radius 1 is 1.56 bits per heavy atom. The van der Waals surface area contributed by atoms with Crippen LogP contribution in [0, 0.1) is 5.92 Å². The van der Waals surface area contributed by atoms with E-state index >= 15 is 0 Å².